The van der Waals surface area contributed by atoms with Gasteiger partial charge in [-0.1, -0.05) is 12.1 Å². The van der Waals surface area contributed by atoms with E-state index in [9.17, 15) is 4.79 Å². The molecule has 1 saturated heterocycles. The Bertz CT molecular complexity index is 686. The summed E-state index contributed by atoms with van der Waals surface area (Å²) in [6, 6.07) is 8.18. The lowest BCUT2D eigenvalue weighted by Gasteiger charge is -2.23. The van der Waals surface area contributed by atoms with Crippen molar-refractivity contribution in [1.29, 1.82) is 0 Å². The SMILES string of the molecule is CN(CCCc1nccn1C)C(=O)c1ccc(C2CCCNC2)cc1. The summed E-state index contributed by atoms with van der Waals surface area (Å²) in [7, 11) is 3.88. The highest BCUT2D eigenvalue weighted by molar-refractivity contribution is 5.94. The van der Waals surface area contributed by atoms with Crippen molar-refractivity contribution in [2.75, 3.05) is 26.7 Å². The number of nitrogens with one attached hydrogen (secondary N) is 1. The summed E-state index contributed by atoms with van der Waals surface area (Å²) < 4.78 is 2.03. The molecule has 5 heteroatoms. The Balaban J connectivity index is 1.51. The molecule has 2 heterocycles. The first-order valence-electron chi connectivity index (χ1n) is 9.17. The fraction of sp³-hybridized carbons (Fsp3) is 0.500. The molecular weight excluding hydrogens is 312 g/mol. The van der Waals surface area contributed by atoms with E-state index in [1.807, 2.05) is 43.2 Å². The van der Waals surface area contributed by atoms with Crippen LogP contribution in [0.2, 0.25) is 0 Å². The number of carbonyl (C=O) groups is 1. The molecule has 0 bridgehead atoms. The lowest BCUT2D eigenvalue weighted by Crippen LogP contribution is -2.29. The van der Waals surface area contributed by atoms with Gasteiger partial charge in [-0.2, -0.15) is 0 Å². The van der Waals surface area contributed by atoms with E-state index in [1.54, 1.807) is 4.90 Å². The van der Waals surface area contributed by atoms with Crippen LogP contribution < -0.4 is 5.32 Å². The number of aromatic nitrogens is 2. The minimum atomic E-state index is 0.0909. The molecule has 1 aliphatic rings. The van der Waals surface area contributed by atoms with Crippen molar-refractivity contribution in [2.45, 2.75) is 31.6 Å². The van der Waals surface area contributed by atoms with E-state index in [0.717, 1.165) is 43.9 Å². The van der Waals surface area contributed by atoms with Crippen molar-refractivity contribution in [3.8, 4) is 0 Å². The van der Waals surface area contributed by atoms with Gasteiger partial charge in [0.2, 0.25) is 0 Å². The van der Waals surface area contributed by atoms with Crippen LogP contribution in [0, 0.1) is 0 Å². The molecule has 134 valence electrons. The first kappa shape index (κ1) is 17.7. The molecule has 1 N–H and O–H groups in total. The fourth-order valence-corrected chi connectivity index (χ4v) is 3.47. The zero-order valence-corrected chi connectivity index (χ0v) is 15.2. The molecular formula is C20H28N4O. The van der Waals surface area contributed by atoms with E-state index in [-0.39, 0.29) is 5.91 Å². The van der Waals surface area contributed by atoms with Gasteiger partial charge < -0.3 is 14.8 Å². The number of aryl methyl sites for hydroxylation is 2. The van der Waals surface area contributed by atoms with Crippen LogP contribution in [0.15, 0.2) is 36.7 Å². The van der Waals surface area contributed by atoms with Gasteiger partial charge in [0.15, 0.2) is 0 Å². The van der Waals surface area contributed by atoms with Gasteiger partial charge in [-0.3, -0.25) is 4.79 Å². The lowest BCUT2D eigenvalue weighted by atomic mass is 9.91. The minimum Gasteiger partial charge on any atom is -0.342 e. The average molecular weight is 340 g/mol. The van der Waals surface area contributed by atoms with Crippen LogP contribution >= 0.6 is 0 Å². The van der Waals surface area contributed by atoms with Gasteiger partial charge in [0.25, 0.3) is 5.91 Å². The van der Waals surface area contributed by atoms with Gasteiger partial charge in [0.05, 0.1) is 0 Å². The van der Waals surface area contributed by atoms with Crippen LogP contribution in [-0.4, -0.2) is 47.0 Å². The van der Waals surface area contributed by atoms with Crippen LogP contribution in [-0.2, 0) is 13.5 Å². The molecule has 1 aromatic carbocycles. The highest BCUT2D eigenvalue weighted by Crippen LogP contribution is 2.23. The Morgan fingerprint density at radius 3 is 2.80 bits per heavy atom. The average Bonchev–Trinajstić information content (AvgIpc) is 3.07. The van der Waals surface area contributed by atoms with E-state index in [1.165, 1.54) is 18.4 Å². The van der Waals surface area contributed by atoms with Gasteiger partial charge >= 0.3 is 0 Å². The van der Waals surface area contributed by atoms with Gasteiger partial charge in [0, 0.05) is 51.6 Å². The normalized spacial score (nSPS) is 17.4. The zero-order valence-electron chi connectivity index (χ0n) is 15.2. The maximum Gasteiger partial charge on any atom is 0.253 e. The van der Waals surface area contributed by atoms with Crippen molar-refractivity contribution >= 4 is 5.91 Å². The van der Waals surface area contributed by atoms with Crippen LogP contribution in [0.25, 0.3) is 0 Å². The van der Waals surface area contributed by atoms with Crippen LogP contribution in [0.4, 0.5) is 0 Å². The third-order valence-corrected chi connectivity index (χ3v) is 5.09. The summed E-state index contributed by atoms with van der Waals surface area (Å²) in [5.41, 5.74) is 2.10. The molecule has 1 aliphatic heterocycles. The smallest absolute Gasteiger partial charge is 0.253 e. The molecule has 1 atom stereocenters. The molecule has 3 rings (SSSR count). The molecule has 0 aliphatic carbocycles. The molecule has 25 heavy (non-hydrogen) atoms. The molecule has 1 unspecified atom stereocenters. The molecule has 0 radical (unpaired) electrons. The fourth-order valence-electron chi connectivity index (χ4n) is 3.47. The Morgan fingerprint density at radius 1 is 1.36 bits per heavy atom. The summed E-state index contributed by atoms with van der Waals surface area (Å²) in [6.45, 7) is 2.90. The molecule has 0 spiro atoms. The van der Waals surface area contributed by atoms with Crippen molar-refractivity contribution in [3.63, 3.8) is 0 Å². The zero-order chi connectivity index (χ0) is 17.6. The summed E-state index contributed by atoms with van der Waals surface area (Å²) in [5.74, 6) is 1.73. The van der Waals surface area contributed by atoms with E-state index < -0.39 is 0 Å². The number of rotatable bonds is 6. The van der Waals surface area contributed by atoms with Crippen molar-refractivity contribution in [1.82, 2.24) is 19.8 Å². The second-order valence-electron chi connectivity index (χ2n) is 6.95. The topological polar surface area (TPSA) is 50.2 Å². The van der Waals surface area contributed by atoms with E-state index in [2.05, 4.69) is 22.4 Å². The number of benzene rings is 1. The molecule has 0 saturated carbocycles. The standard InChI is InChI=1S/C20H28N4O/c1-23-14-12-22-19(23)6-4-13-24(2)20(25)17-9-7-16(8-10-17)18-5-3-11-21-15-18/h7-10,12,14,18,21H,3-6,11,13,15H2,1-2H3. The van der Waals surface area contributed by atoms with Crippen molar-refractivity contribution in [3.05, 3.63) is 53.6 Å². The van der Waals surface area contributed by atoms with Crippen LogP contribution in [0.5, 0.6) is 0 Å². The molecule has 1 amide bonds. The third-order valence-electron chi connectivity index (χ3n) is 5.09. The number of hydrogen-bond donors (Lipinski definition) is 1. The van der Waals surface area contributed by atoms with Gasteiger partial charge in [-0.25, -0.2) is 4.98 Å². The number of nitrogens with zero attached hydrogens (tertiary/aromatic N) is 3. The molecule has 5 nitrogen and oxygen atoms in total. The van der Waals surface area contributed by atoms with Crippen LogP contribution in [0.3, 0.4) is 0 Å². The Hall–Kier alpha value is -2.14. The predicted octanol–water partition coefficient (Wildman–Crippen LogP) is 2.59. The van der Waals surface area contributed by atoms with E-state index in [0.29, 0.717) is 5.92 Å². The maximum absolute atomic E-state index is 12.6. The Labute approximate surface area is 150 Å². The third kappa shape index (κ3) is 4.48. The largest absolute Gasteiger partial charge is 0.342 e. The summed E-state index contributed by atoms with van der Waals surface area (Å²) in [4.78, 5) is 18.7. The van der Waals surface area contributed by atoms with E-state index in [4.69, 9.17) is 0 Å². The summed E-state index contributed by atoms with van der Waals surface area (Å²) in [5, 5.41) is 3.45. The highest BCUT2D eigenvalue weighted by Gasteiger charge is 2.16. The van der Waals surface area contributed by atoms with Crippen molar-refractivity contribution < 1.29 is 4.79 Å². The number of amides is 1. The Kier molecular flexibility index (Phi) is 5.87. The van der Waals surface area contributed by atoms with Gasteiger partial charge in [0.1, 0.15) is 5.82 Å². The van der Waals surface area contributed by atoms with Crippen molar-refractivity contribution in [2.24, 2.45) is 7.05 Å². The number of hydrogen-bond acceptors (Lipinski definition) is 3. The van der Waals surface area contributed by atoms with Crippen LogP contribution in [0.1, 0.15) is 46.9 Å². The second-order valence-corrected chi connectivity index (χ2v) is 6.95. The maximum atomic E-state index is 12.6. The number of carbonyl (C=O) groups excluding carboxylic acids is 1. The quantitative estimate of drug-likeness (QED) is 0.879. The molecule has 1 aromatic heterocycles. The highest BCUT2D eigenvalue weighted by atomic mass is 16.2. The monoisotopic (exact) mass is 340 g/mol. The second kappa shape index (κ2) is 8.30. The molecule has 1 fully saturated rings. The predicted molar refractivity (Wildman–Crippen MR) is 99.8 cm³/mol. The summed E-state index contributed by atoms with van der Waals surface area (Å²) in [6.07, 6.45) is 8.02. The minimum absolute atomic E-state index is 0.0909. The first-order chi connectivity index (χ1) is 12.1. The van der Waals surface area contributed by atoms with E-state index >= 15 is 0 Å². The molecule has 2 aromatic rings. The lowest BCUT2D eigenvalue weighted by molar-refractivity contribution is 0.0793. The number of piperidine rings is 1. The number of imidazole rings is 1. The Morgan fingerprint density at radius 2 is 2.16 bits per heavy atom. The first-order valence-corrected chi connectivity index (χ1v) is 9.17. The van der Waals surface area contributed by atoms with Gasteiger partial charge in [-0.15, -0.1) is 0 Å². The van der Waals surface area contributed by atoms with Gasteiger partial charge in [-0.05, 0) is 49.4 Å². The summed E-state index contributed by atoms with van der Waals surface area (Å²) >= 11 is 0.